The van der Waals surface area contributed by atoms with Crippen LogP contribution < -0.4 is 10.6 Å². The second-order valence-electron chi connectivity index (χ2n) is 5.94. The molecule has 0 spiro atoms. The summed E-state index contributed by atoms with van der Waals surface area (Å²) in [7, 11) is 0. The molecule has 0 saturated heterocycles. The molecular weight excluding hydrogens is 240 g/mol. The first-order valence-electron chi connectivity index (χ1n) is 7.84. The summed E-state index contributed by atoms with van der Waals surface area (Å²) in [5.74, 6) is 0.435. The molecule has 1 aliphatic rings. The number of hydrogen-bond donors (Lipinski definition) is 3. The van der Waals surface area contributed by atoms with Gasteiger partial charge in [0.1, 0.15) is 0 Å². The zero-order valence-electron chi connectivity index (χ0n) is 12.5. The molecule has 0 bridgehead atoms. The average Bonchev–Trinajstić information content (AvgIpc) is 2.37. The maximum Gasteiger partial charge on any atom is 0.315 e. The smallest absolute Gasteiger partial charge is 0.315 e. The standard InChI is InChI=1S/C15H30N2O2/c1-3-4-5-7-12(2)17-15(19)16-11-13-8-6-9-14(18)10-13/h12-14,18H,3-11H2,1-2H3,(H2,16,17,19). The Morgan fingerprint density at radius 1 is 1.37 bits per heavy atom. The zero-order valence-corrected chi connectivity index (χ0v) is 12.5. The third-order valence-electron chi connectivity index (χ3n) is 3.92. The molecule has 112 valence electrons. The molecule has 0 aromatic heterocycles. The summed E-state index contributed by atoms with van der Waals surface area (Å²) in [4.78, 5) is 11.7. The number of amides is 2. The van der Waals surface area contributed by atoms with Crippen LogP contribution in [0, 0.1) is 5.92 Å². The summed E-state index contributed by atoms with van der Waals surface area (Å²) in [5, 5.41) is 15.5. The van der Waals surface area contributed by atoms with E-state index >= 15 is 0 Å². The van der Waals surface area contributed by atoms with Crippen LogP contribution in [0.5, 0.6) is 0 Å². The number of aliphatic hydroxyl groups excluding tert-OH is 1. The Bertz CT molecular complexity index is 259. The van der Waals surface area contributed by atoms with Gasteiger partial charge in [-0.25, -0.2) is 4.79 Å². The second-order valence-corrected chi connectivity index (χ2v) is 5.94. The van der Waals surface area contributed by atoms with Crippen LogP contribution in [0.25, 0.3) is 0 Å². The number of nitrogens with one attached hydrogen (secondary N) is 2. The van der Waals surface area contributed by atoms with Gasteiger partial charge in [-0.05, 0) is 38.5 Å². The van der Waals surface area contributed by atoms with Gasteiger partial charge in [-0.2, -0.15) is 0 Å². The molecule has 4 nitrogen and oxygen atoms in total. The van der Waals surface area contributed by atoms with Crippen molar-refractivity contribution in [1.82, 2.24) is 10.6 Å². The van der Waals surface area contributed by atoms with Gasteiger partial charge in [0.05, 0.1) is 6.10 Å². The van der Waals surface area contributed by atoms with Crippen LogP contribution in [0.2, 0.25) is 0 Å². The van der Waals surface area contributed by atoms with Crippen molar-refractivity contribution in [2.75, 3.05) is 6.54 Å². The van der Waals surface area contributed by atoms with E-state index < -0.39 is 0 Å². The van der Waals surface area contributed by atoms with E-state index in [4.69, 9.17) is 0 Å². The SMILES string of the molecule is CCCCCC(C)NC(=O)NCC1CCCC(O)C1. The quantitative estimate of drug-likeness (QED) is 0.623. The Hall–Kier alpha value is -0.770. The van der Waals surface area contributed by atoms with Crippen LogP contribution in [0.15, 0.2) is 0 Å². The first-order chi connectivity index (χ1) is 9.11. The molecule has 0 aromatic carbocycles. The Kier molecular flexibility index (Phi) is 7.87. The Morgan fingerprint density at radius 2 is 2.16 bits per heavy atom. The van der Waals surface area contributed by atoms with Gasteiger partial charge in [-0.3, -0.25) is 0 Å². The normalized spacial score (nSPS) is 24.8. The van der Waals surface area contributed by atoms with Crippen LogP contribution in [0.3, 0.4) is 0 Å². The maximum atomic E-state index is 11.7. The van der Waals surface area contributed by atoms with E-state index in [1.807, 2.05) is 0 Å². The summed E-state index contributed by atoms with van der Waals surface area (Å²) in [6.45, 7) is 4.92. The molecule has 0 aromatic rings. The van der Waals surface area contributed by atoms with Gasteiger partial charge < -0.3 is 15.7 Å². The highest BCUT2D eigenvalue weighted by Gasteiger charge is 2.20. The van der Waals surface area contributed by atoms with E-state index in [0.29, 0.717) is 12.5 Å². The molecule has 3 unspecified atom stereocenters. The van der Waals surface area contributed by atoms with Crippen LogP contribution in [0.1, 0.15) is 65.2 Å². The lowest BCUT2D eigenvalue weighted by molar-refractivity contribution is 0.101. The van der Waals surface area contributed by atoms with Crippen LogP contribution in [-0.4, -0.2) is 29.8 Å². The number of rotatable bonds is 7. The molecular formula is C15H30N2O2. The molecule has 4 heteroatoms. The van der Waals surface area contributed by atoms with E-state index in [-0.39, 0.29) is 18.2 Å². The number of carbonyl (C=O) groups is 1. The highest BCUT2D eigenvalue weighted by molar-refractivity contribution is 5.74. The summed E-state index contributed by atoms with van der Waals surface area (Å²) < 4.78 is 0. The molecule has 1 aliphatic carbocycles. The van der Waals surface area contributed by atoms with Gasteiger partial charge >= 0.3 is 6.03 Å². The fourth-order valence-corrected chi connectivity index (χ4v) is 2.73. The van der Waals surface area contributed by atoms with E-state index in [0.717, 1.165) is 32.1 Å². The van der Waals surface area contributed by atoms with Crippen molar-refractivity contribution < 1.29 is 9.90 Å². The van der Waals surface area contributed by atoms with Gasteiger partial charge in [-0.1, -0.05) is 32.6 Å². The van der Waals surface area contributed by atoms with Gasteiger partial charge in [0.15, 0.2) is 0 Å². The van der Waals surface area contributed by atoms with Crippen molar-refractivity contribution in [2.45, 2.75) is 77.4 Å². The summed E-state index contributed by atoms with van der Waals surface area (Å²) >= 11 is 0. The topological polar surface area (TPSA) is 61.4 Å². The summed E-state index contributed by atoms with van der Waals surface area (Å²) in [6.07, 6.45) is 8.42. The van der Waals surface area contributed by atoms with Crippen LogP contribution in [0.4, 0.5) is 4.79 Å². The summed E-state index contributed by atoms with van der Waals surface area (Å²) in [6, 6.07) is 0.174. The number of hydrogen-bond acceptors (Lipinski definition) is 2. The van der Waals surface area contributed by atoms with E-state index in [1.54, 1.807) is 0 Å². The van der Waals surface area contributed by atoms with E-state index in [9.17, 15) is 9.90 Å². The minimum absolute atomic E-state index is 0.0657. The maximum absolute atomic E-state index is 11.7. The molecule has 0 aliphatic heterocycles. The highest BCUT2D eigenvalue weighted by Crippen LogP contribution is 2.23. The predicted octanol–water partition coefficient (Wildman–Crippen LogP) is 2.81. The third kappa shape index (κ3) is 7.41. The molecule has 19 heavy (non-hydrogen) atoms. The number of carbonyl (C=O) groups excluding carboxylic acids is 1. The Balaban J connectivity index is 2.09. The lowest BCUT2D eigenvalue weighted by Gasteiger charge is -2.26. The predicted molar refractivity (Wildman–Crippen MR) is 78.1 cm³/mol. The fourth-order valence-electron chi connectivity index (χ4n) is 2.73. The van der Waals surface area contributed by atoms with Gasteiger partial charge in [0.25, 0.3) is 0 Å². The average molecular weight is 270 g/mol. The monoisotopic (exact) mass is 270 g/mol. The molecule has 3 N–H and O–H groups in total. The van der Waals surface area contributed by atoms with Crippen molar-refractivity contribution in [2.24, 2.45) is 5.92 Å². The number of urea groups is 1. The molecule has 3 atom stereocenters. The molecule has 2 amide bonds. The molecule has 1 rings (SSSR count). The lowest BCUT2D eigenvalue weighted by atomic mass is 9.87. The van der Waals surface area contributed by atoms with E-state index in [2.05, 4.69) is 24.5 Å². The second kappa shape index (κ2) is 9.18. The van der Waals surface area contributed by atoms with Crippen LogP contribution >= 0.6 is 0 Å². The van der Waals surface area contributed by atoms with Crippen LogP contribution in [-0.2, 0) is 0 Å². The van der Waals surface area contributed by atoms with Crippen molar-refractivity contribution in [3.63, 3.8) is 0 Å². The summed E-state index contributed by atoms with van der Waals surface area (Å²) in [5.41, 5.74) is 0. The number of aliphatic hydroxyl groups is 1. The van der Waals surface area contributed by atoms with Gasteiger partial charge in [0, 0.05) is 12.6 Å². The van der Waals surface area contributed by atoms with Crippen molar-refractivity contribution in [1.29, 1.82) is 0 Å². The Morgan fingerprint density at radius 3 is 2.84 bits per heavy atom. The first kappa shape index (κ1) is 16.3. The minimum Gasteiger partial charge on any atom is -0.393 e. The lowest BCUT2D eigenvalue weighted by Crippen LogP contribution is -2.43. The first-order valence-corrected chi connectivity index (χ1v) is 7.84. The molecule has 1 saturated carbocycles. The largest absolute Gasteiger partial charge is 0.393 e. The zero-order chi connectivity index (χ0) is 14.1. The highest BCUT2D eigenvalue weighted by atomic mass is 16.3. The van der Waals surface area contributed by atoms with Gasteiger partial charge in [-0.15, -0.1) is 0 Å². The minimum atomic E-state index is -0.170. The van der Waals surface area contributed by atoms with Crippen molar-refractivity contribution in [3.8, 4) is 0 Å². The molecule has 0 heterocycles. The fraction of sp³-hybridized carbons (Fsp3) is 0.933. The Labute approximate surface area is 117 Å². The van der Waals surface area contributed by atoms with Crippen molar-refractivity contribution in [3.05, 3.63) is 0 Å². The molecule has 1 fully saturated rings. The van der Waals surface area contributed by atoms with Gasteiger partial charge in [0.2, 0.25) is 0 Å². The van der Waals surface area contributed by atoms with E-state index in [1.165, 1.54) is 19.3 Å². The molecule has 0 radical (unpaired) electrons. The third-order valence-corrected chi connectivity index (χ3v) is 3.92. The number of unbranched alkanes of at least 4 members (excludes halogenated alkanes) is 2. The van der Waals surface area contributed by atoms with Crippen molar-refractivity contribution >= 4 is 6.03 Å².